The molecule has 0 unspecified atom stereocenters. The molecule has 15 heavy (non-hydrogen) atoms. The Bertz CT molecular complexity index is 506. The van der Waals surface area contributed by atoms with Crippen LogP contribution < -0.4 is 5.32 Å². The van der Waals surface area contributed by atoms with Gasteiger partial charge in [0.05, 0.1) is 5.52 Å². The number of pyridine rings is 1. The topological polar surface area (TPSA) is 24.9 Å². The minimum atomic E-state index is 0.605. The van der Waals surface area contributed by atoms with Crippen LogP contribution in [0.15, 0.2) is 34.8 Å². The molecule has 1 aliphatic heterocycles. The number of benzene rings is 1. The lowest BCUT2D eigenvalue weighted by Gasteiger charge is -2.26. The van der Waals surface area contributed by atoms with Crippen molar-refractivity contribution in [2.45, 2.75) is 5.92 Å². The zero-order valence-corrected chi connectivity index (χ0v) is 9.79. The normalized spacial score (nSPS) is 16.6. The molecule has 1 saturated heterocycles. The summed E-state index contributed by atoms with van der Waals surface area (Å²) in [6.45, 7) is 2.12. The number of hydrogen-bond acceptors (Lipinski definition) is 2. The van der Waals surface area contributed by atoms with Crippen LogP contribution in [-0.4, -0.2) is 18.1 Å². The molecule has 2 heterocycles. The number of rotatable bonds is 1. The van der Waals surface area contributed by atoms with Crippen LogP contribution in [0.3, 0.4) is 0 Å². The van der Waals surface area contributed by atoms with Crippen LogP contribution in [0.5, 0.6) is 0 Å². The van der Waals surface area contributed by atoms with Gasteiger partial charge in [-0.2, -0.15) is 0 Å². The first-order chi connectivity index (χ1) is 7.33. The van der Waals surface area contributed by atoms with Crippen molar-refractivity contribution in [3.05, 3.63) is 40.5 Å². The van der Waals surface area contributed by atoms with Crippen molar-refractivity contribution in [2.75, 3.05) is 13.1 Å². The molecule has 2 nitrogen and oxygen atoms in total. The molecule has 0 spiro atoms. The Labute approximate surface area is 96.8 Å². The number of nitrogens with zero attached hydrogens (tertiary/aromatic N) is 1. The molecule has 1 aliphatic rings. The second-order valence-corrected chi connectivity index (χ2v) is 4.84. The van der Waals surface area contributed by atoms with Crippen LogP contribution in [-0.2, 0) is 0 Å². The second kappa shape index (κ2) is 3.58. The van der Waals surface area contributed by atoms with Gasteiger partial charge in [0.25, 0.3) is 0 Å². The number of fused-ring (bicyclic) bond motifs is 1. The van der Waals surface area contributed by atoms with Gasteiger partial charge >= 0.3 is 0 Å². The van der Waals surface area contributed by atoms with Gasteiger partial charge in [-0.05, 0) is 18.2 Å². The molecule has 1 fully saturated rings. The zero-order chi connectivity index (χ0) is 10.3. The summed E-state index contributed by atoms with van der Waals surface area (Å²) in [5.41, 5.74) is 2.29. The van der Waals surface area contributed by atoms with E-state index in [9.17, 15) is 0 Å². The molecule has 3 heteroatoms. The molecule has 0 saturated carbocycles. The summed E-state index contributed by atoms with van der Waals surface area (Å²) in [5.74, 6) is 0.605. The first-order valence-corrected chi connectivity index (χ1v) is 5.89. The molecule has 0 aliphatic carbocycles. The molecule has 1 N–H and O–H groups in total. The fourth-order valence-corrected chi connectivity index (χ4v) is 2.18. The highest BCUT2D eigenvalue weighted by Gasteiger charge is 2.19. The van der Waals surface area contributed by atoms with Gasteiger partial charge in [0, 0.05) is 34.6 Å². The van der Waals surface area contributed by atoms with Crippen molar-refractivity contribution in [2.24, 2.45) is 0 Å². The third kappa shape index (κ3) is 1.66. The van der Waals surface area contributed by atoms with Gasteiger partial charge in [0.1, 0.15) is 0 Å². The van der Waals surface area contributed by atoms with Crippen LogP contribution in [0.2, 0.25) is 0 Å². The van der Waals surface area contributed by atoms with Crippen LogP contribution in [0, 0.1) is 0 Å². The Morgan fingerprint density at radius 3 is 2.73 bits per heavy atom. The van der Waals surface area contributed by atoms with Crippen molar-refractivity contribution < 1.29 is 0 Å². The number of halogens is 1. The molecule has 1 aromatic heterocycles. The highest BCUT2D eigenvalue weighted by Crippen LogP contribution is 2.23. The first kappa shape index (κ1) is 9.31. The maximum atomic E-state index is 4.69. The summed E-state index contributed by atoms with van der Waals surface area (Å²) in [5, 5.41) is 4.47. The highest BCUT2D eigenvalue weighted by atomic mass is 79.9. The number of aromatic nitrogens is 1. The van der Waals surface area contributed by atoms with E-state index in [0.717, 1.165) is 23.1 Å². The van der Waals surface area contributed by atoms with E-state index in [1.807, 2.05) is 0 Å². The molecule has 0 bridgehead atoms. The van der Waals surface area contributed by atoms with Crippen LogP contribution >= 0.6 is 15.9 Å². The summed E-state index contributed by atoms with van der Waals surface area (Å²) in [6.07, 6.45) is 0. The summed E-state index contributed by atoms with van der Waals surface area (Å²) < 4.78 is 1.09. The average Bonchev–Trinajstić information content (AvgIpc) is 2.14. The van der Waals surface area contributed by atoms with E-state index in [4.69, 9.17) is 0 Å². The SMILES string of the molecule is Brc1ccc2ccc(C3CNC3)nc2c1. The molecule has 0 radical (unpaired) electrons. The maximum absolute atomic E-state index is 4.69. The quantitative estimate of drug-likeness (QED) is 0.855. The zero-order valence-electron chi connectivity index (χ0n) is 8.20. The van der Waals surface area contributed by atoms with Gasteiger partial charge in [-0.15, -0.1) is 0 Å². The summed E-state index contributed by atoms with van der Waals surface area (Å²) in [6, 6.07) is 10.5. The smallest absolute Gasteiger partial charge is 0.0716 e. The van der Waals surface area contributed by atoms with Crippen LogP contribution in [0.1, 0.15) is 11.6 Å². The van der Waals surface area contributed by atoms with E-state index >= 15 is 0 Å². The molecule has 76 valence electrons. The highest BCUT2D eigenvalue weighted by molar-refractivity contribution is 9.10. The number of hydrogen-bond donors (Lipinski definition) is 1. The lowest BCUT2D eigenvalue weighted by Crippen LogP contribution is -2.40. The third-order valence-corrected chi connectivity index (χ3v) is 3.37. The predicted octanol–water partition coefficient (Wildman–Crippen LogP) is 2.68. The van der Waals surface area contributed by atoms with Gasteiger partial charge < -0.3 is 5.32 Å². The summed E-state index contributed by atoms with van der Waals surface area (Å²) in [7, 11) is 0. The average molecular weight is 263 g/mol. The molecule has 1 aromatic carbocycles. The van der Waals surface area contributed by atoms with Gasteiger partial charge in [0.15, 0.2) is 0 Å². The molecule has 0 amide bonds. The standard InChI is InChI=1S/C12H11BrN2/c13-10-3-1-8-2-4-11(9-6-14-7-9)15-12(8)5-10/h1-5,9,14H,6-7H2. The molecule has 3 rings (SSSR count). The molecular weight excluding hydrogens is 252 g/mol. The lowest BCUT2D eigenvalue weighted by atomic mass is 9.98. The van der Waals surface area contributed by atoms with Crippen molar-refractivity contribution in [3.63, 3.8) is 0 Å². The van der Waals surface area contributed by atoms with Crippen molar-refractivity contribution >= 4 is 26.8 Å². The Balaban J connectivity index is 2.11. The maximum Gasteiger partial charge on any atom is 0.0716 e. The largest absolute Gasteiger partial charge is 0.315 e. The van der Waals surface area contributed by atoms with Crippen LogP contribution in [0.25, 0.3) is 10.9 Å². The van der Waals surface area contributed by atoms with Crippen LogP contribution in [0.4, 0.5) is 0 Å². The minimum Gasteiger partial charge on any atom is -0.315 e. The fraction of sp³-hybridized carbons (Fsp3) is 0.250. The van der Waals surface area contributed by atoms with Crippen molar-refractivity contribution in [1.82, 2.24) is 10.3 Å². The van der Waals surface area contributed by atoms with E-state index in [1.54, 1.807) is 0 Å². The van der Waals surface area contributed by atoms with E-state index in [-0.39, 0.29) is 0 Å². The Hall–Kier alpha value is -0.930. The minimum absolute atomic E-state index is 0.605. The predicted molar refractivity (Wildman–Crippen MR) is 65.1 cm³/mol. The van der Waals surface area contributed by atoms with E-state index in [2.05, 4.69) is 56.6 Å². The lowest BCUT2D eigenvalue weighted by molar-refractivity contribution is 0.441. The summed E-state index contributed by atoms with van der Waals surface area (Å²) >= 11 is 3.47. The van der Waals surface area contributed by atoms with E-state index in [1.165, 1.54) is 11.1 Å². The van der Waals surface area contributed by atoms with Gasteiger partial charge in [-0.25, -0.2) is 0 Å². The molecule has 2 aromatic rings. The third-order valence-electron chi connectivity index (χ3n) is 2.88. The Morgan fingerprint density at radius 2 is 2.00 bits per heavy atom. The van der Waals surface area contributed by atoms with Crippen molar-refractivity contribution in [1.29, 1.82) is 0 Å². The first-order valence-electron chi connectivity index (χ1n) is 5.10. The number of nitrogens with one attached hydrogen (secondary N) is 1. The summed E-state index contributed by atoms with van der Waals surface area (Å²) in [4.78, 5) is 4.69. The van der Waals surface area contributed by atoms with E-state index < -0.39 is 0 Å². The van der Waals surface area contributed by atoms with Crippen molar-refractivity contribution in [3.8, 4) is 0 Å². The van der Waals surface area contributed by atoms with Gasteiger partial charge in [0.2, 0.25) is 0 Å². The Kier molecular flexibility index (Phi) is 2.22. The molecule has 0 atom stereocenters. The fourth-order valence-electron chi connectivity index (χ4n) is 1.83. The Morgan fingerprint density at radius 1 is 1.20 bits per heavy atom. The second-order valence-electron chi connectivity index (χ2n) is 3.93. The van der Waals surface area contributed by atoms with Gasteiger partial charge in [-0.1, -0.05) is 28.1 Å². The monoisotopic (exact) mass is 262 g/mol. The van der Waals surface area contributed by atoms with Gasteiger partial charge in [-0.3, -0.25) is 4.98 Å². The van der Waals surface area contributed by atoms with E-state index in [0.29, 0.717) is 5.92 Å². The molecular formula is C12H11BrN2.